The molecule has 2 aliphatic carbocycles. The predicted molar refractivity (Wildman–Crippen MR) is 342 cm³/mol. The third-order valence-electron chi connectivity index (χ3n) is 15.5. The molecule has 18 heteroatoms. The van der Waals surface area contributed by atoms with E-state index in [1.54, 1.807) is 60.0 Å². The Morgan fingerprint density at radius 1 is 0.535 bits per heavy atom. The van der Waals surface area contributed by atoms with E-state index in [9.17, 15) is 9.59 Å². The van der Waals surface area contributed by atoms with Crippen molar-refractivity contribution in [2.45, 2.75) is 64.7 Å². The standard InChI is InChI=1S/2C34H34FN5O2.2ClH/c2*1-21-16-30(40(39-21)26-8-5-6-23(17-26)19-36)34(41)38-29-18-25(12-14-28(29)35)33(37-20-22-10-11-22)32-27-9-4-3-7-24(27)13-15-31(32)42-2;;/h2*3-9,12-18,22,33,37H,10-11,19-20,36H2,1-2H3,(H,38,41);2*1H. The number of amides is 2. The second-order valence-electron chi connectivity index (χ2n) is 21.7. The van der Waals surface area contributed by atoms with Crippen molar-refractivity contribution in [2.24, 2.45) is 23.3 Å². The normalized spacial score (nSPS) is 13.4. The number of carbonyl (C=O) groups excluding carboxylic acids is 2. The Kier molecular flexibility index (Phi) is 20.0. The third-order valence-corrected chi connectivity index (χ3v) is 15.5. The number of hydrogen-bond donors (Lipinski definition) is 6. The molecule has 8 aromatic carbocycles. The van der Waals surface area contributed by atoms with Crippen molar-refractivity contribution in [1.29, 1.82) is 0 Å². The Labute approximate surface area is 511 Å². The molecule has 0 bridgehead atoms. The fourth-order valence-electron chi connectivity index (χ4n) is 10.8. The van der Waals surface area contributed by atoms with Gasteiger partial charge in [0.25, 0.3) is 11.8 Å². The number of fused-ring (bicyclic) bond motifs is 2. The van der Waals surface area contributed by atoms with Gasteiger partial charge in [0.1, 0.15) is 34.5 Å². The fourth-order valence-corrected chi connectivity index (χ4v) is 10.8. The molecule has 8 N–H and O–H groups in total. The predicted octanol–water partition coefficient (Wildman–Crippen LogP) is 13.4. The van der Waals surface area contributed by atoms with Crippen LogP contribution in [0.1, 0.15) is 104 Å². The summed E-state index contributed by atoms with van der Waals surface area (Å²) >= 11 is 0. The number of anilines is 2. The van der Waals surface area contributed by atoms with Crippen LogP contribution < -0.4 is 42.2 Å². The molecule has 2 unspecified atom stereocenters. The van der Waals surface area contributed by atoms with Crippen LogP contribution in [0.2, 0.25) is 0 Å². The van der Waals surface area contributed by atoms with E-state index >= 15 is 8.78 Å². The van der Waals surface area contributed by atoms with Gasteiger partial charge in [-0.05, 0) is 181 Å². The van der Waals surface area contributed by atoms with E-state index in [0.717, 1.165) is 79.5 Å². The molecule has 12 rings (SSSR count). The van der Waals surface area contributed by atoms with Gasteiger partial charge in [0.2, 0.25) is 0 Å². The average Bonchev–Trinajstić information content (AvgIpc) is 4.45. The summed E-state index contributed by atoms with van der Waals surface area (Å²) in [4.78, 5) is 27.2. The highest BCUT2D eigenvalue weighted by Gasteiger charge is 2.30. The van der Waals surface area contributed by atoms with Gasteiger partial charge in [-0.3, -0.25) is 9.59 Å². The Hall–Kier alpha value is -8.48. The number of hydrogen-bond acceptors (Lipinski definition) is 10. The van der Waals surface area contributed by atoms with Crippen LogP contribution in [0, 0.1) is 37.3 Å². The molecule has 0 radical (unpaired) electrons. The molecule has 10 aromatic rings. The van der Waals surface area contributed by atoms with Gasteiger partial charge in [-0.2, -0.15) is 10.2 Å². The molecule has 0 aliphatic heterocycles. The van der Waals surface area contributed by atoms with E-state index in [2.05, 4.69) is 55.7 Å². The lowest BCUT2D eigenvalue weighted by Gasteiger charge is -2.24. The SMILES string of the molecule is COc1ccc2ccccc2c1C(NCC1CC1)c1ccc(F)c(NC(=O)c2cc(C)nn2-c2cccc(CN)c2)c1.COc1ccc2ccccc2c1C(NCC1CC1)c1ccc(F)c(NC(=O)c2cc(C)nn2-c2cccc(CN)c2)c1.Cl.Cl. The summed E-state index contributed by atoms with van der Waals surface area (Å²) in [5.41, 5.74) is 20.6. The number of benzene rings is 8. The summed E-state index contributed by atoms with van der Waals surface area (Å²) in [5.74, 6) is 0.762. The summed E-state index contributed by atoms with van der Waals surface area (Å²) in [6.45, 7) is 6.02. The molecule has 86 heavy (non-hydrogen) atoms. The van der Waals surface area contributed by atoms with Crippen LogP contribution in [0.4, 0.5) is 20.2 Å². The van der Waals surface area contributed by atoms with Gasteiger partial charge in [0.05, 0.1) is 60.4 Å². The Morgan fingerprint density at radius 3 is 1.33 bits per heavy atom. The first kappa shape index (κ1) is 62.1. The zero-order valence-corrected chi connectivity index (χ0v) is 49.9. The van der Waals surface area contributed by atoms with Crippen molar-refractivity contribution < 1.29 is 27.8 Å². The molecule has 2 aliphatic rings. The second kappa shape index (κ2) is 27.7. The Balaban J connectivity index is 0.000000201. The van der Waals surface area contributed by atoms with E-state index in [4.69, 9.17) is 20.9 Å². The first-order valence-electron chi connectivity index (χ1n) is 28.4. The van der Waals surface area contributed by atoms with Gasteiger partial charge in [0.15, 0.2) is 0 Å². The molecule has 0 saturated heterocycles. The Morgan fingerprint density at radius 2 is 0.942 bits per heavy atom. The molecule has 2 saturated carbocycles. The maximum atomic E-state index is 15.3. The van der Waals surface area contributed by atoms with Crippen molar-refractivity contribution in [2.75, 3.05) is 37.9 Å². The molecule has 0 spiro atoms. The molecular formula is C68H70Cl2F2N10O4. The van der Waals surface area contributed by atoms with Gasteiger partial charge in [-0.25, -0.2) is 18.1 Å². The van der Waals surface area contributed by atoms with Gasteiger partial charge < -0.3 is 42.2 Å². The summed E-state index contributed by atoms with van der Waals surface area (Å²) in [6.07, 6.45) is 4.77. The number of carbonyl (C=O) groups is 2. The zero-order valence-electron chi connectivity index (χ0n) is 48.3. The highest BCUT2D eigenvalue weighted by molar-refractivity contribution is 6.04. The van der Waals surface area contributed by atoms with Crippen LogP contribution in [0.3, 0.4) is 0 Å². The number of nitrogens with two attached hydrogens (primary N) is 2. The van der Waals surface area contributed by atoms with Crippen molar-refractivity contribution in [3.8, 4) is 22.9 Å². The maximum absolute atomic E-state index is 15.3. The lowest BCUT2D eigenvalue weighted by molar-refractivity contribution is 0.101. The number of halogens is 4. The minimum Gasteiger partial charge on any atom is -0.496 e. The fraction of sp³-hybridized carbons (Fsp3) is 0.235. The number of ether oxygens (including phenoxy) is 2. The van der Waals surface area contributed by atoms with E-state index in [1.165, 1.54) is 37.8 Å². The number of aryl methyl sites for hydroxylation is 2. The minimum absolute atomic E-state index is 0. The molecule has 2 atom stereocenters. The molecule has 14 nitrogen and oxygen atoms in total. The first-order valence-corrected chi connectivity index (χ1v) is 28.4. The van der Waals surface area contributed by atoms with Gasteiger partial charge in [-0.1, -0.05) is 97.1 Å². The highest BCUT2D eigenvalue weighted by atomic mass is 35.5. The summed E-state index contributed by atoms with van der Waals surface area (Å²) < 4.78 is 45.3. The first-order chi connectivity index (χ1) is 40.9. The van der Waals surface area contributed by atoms with E-state index in [-0.39, 0.29) is 48.3 Å². The third kappa shape index (κ3) is 13.9. The van der Waals surface area contributed by atoms with Crippen molar-refractivity contribution in [1.82, 2.24) is 30.2 Å². The Bertz CT molecular complexity index is 3790. The van der Waals surface area contributed by atoms with Crippen LogP contribution in [0.5, 0.6) is 11.5 Å². The molecule has 2 aromatic heterocycles. The topological polar surface area (TPSA) is 188 Å². The summed E-state index contributed by atoms with van der Waals surface area (Å²) in [7, 11) is 3.33. The van der Waals surface area contributed by atoms with Crippen molar-refractivity contribution in [3.05, 3.63) is 238 Å². The van der Waals surface area contributed by atoms with Crippen LogP contribution in [0.25, 0.3) is 32.9 Å². The smallest absolute Gasteiger partial charge is 0.274 e. The quantitative estimate of drug-likeness (QED) is 0.0429. The number of nitrogens with zero attached hydrogens (tertiary/aromatic N) is 4. The van der Waals surface area contributed by atoms with Crippen molar-refractivity contribution >= 4 is 69.5 Å². The highest BCUT2D eigenvalue weighted by Crippen LogP contribution is 2.41. The minimum atomic E-state index is -0.522. The van der Waals surface area contributed by atoms with E-state index < -0.39 is 23.4 Å². The molecule has 444 valence electrons. The summed E-state index contributed by atoms with van der Waals surface area (Å²) in [6, 6.07) is 52.0. The second-order valence-corrected chi connectivity index (χ2v) is 21.7. The van der Waals surface area contributed by atoms with Gasteiger partial charge in [-0.15, -0.1) is 24.8 Å². The molecule has 2 amide bonds. The molecule has 2 fully saturated rings. The molecule has 2 heterocycles. The van der Waals surface area contributed by atoms with E-state index in [1.807, 2.05) is 111 Å². The van der Waals surface area contributed by atoms with Crippen LogP contribution in [-0.2, 0) is 13.1 Å². The van der Waals surface area contributed by atoms with Crippen LogP contribution in [0.15, 0.2) is 170 Å². The van der Waals surface area contributed by atoms with Crippen molar-refractivity contribution in [3.63, 3.8) is 0 Å². The number of methoxy groups -OCH3 is 2. The summed E-state index contributed by atoms with van der Waals surface area (Å²) in [5, 5.41) is 26.4. The zero-order chi connectivity index (χ0) is 58.4. The number of rotatable bonds is 20. The number of aromatic nitrogens is 4. The van der Waals surface area contributed by atoms with E-state index in [0.29, 0.717) is 59.1 Å². The maximum Gasteiger partial charge on any atom is 0.274 e. The average molecular weight is 1200 g/mol. The monoisotopic (exact) mass is 1200 g/mol. The lowest BCUT2D eigenvalue weighted by Crippen LogP contribution is -2.26. The largest absolute Gasteiger partial charge is 0.496 e. The van der Waals surface area contributed by atoms with Gasteiger partial charge >= 0.3 is 0 Å². The lowest BCUT2D eigenvalue weighted by atomic mass is 9.92. The van der Waals surface area contributed by atoms with Crippen LogP contribution >= 0.6 is 24.8 Å². The molecular weight excluding hydrogens is 1130 g/mol. The van der Waals surface area contributed by atoms with Gasteiger partial charge in [0, 0.05) is 24.2 Å². The number of nitrogens with one attached hydrogen (secondary N) is 4. The van der Waals surface area contributed by atoms with Crippen LogP contribution in [-0.4, -0.2) is 58.7 Å².